The lowest BCUT2D eigenvalue weighted by atomic mass is 10.4. The molecule has 0 spiro atoms. The molecular formula is C13H18BrN3S2. The molecule has 2 rings (SSSR count). The summed E-state index contributed by atoms with van der Waals surface area (Å²) < 4.78 is 1.15. The summed E-state index contributed by atoms with van der Waals surface area (Å²) in [6.45, 7) is 6.04. The van der Waals surface area contributed by atoms with E-state index in [-0.39, 0.29) is 0 Å². The fourth-order valence-corrected chi connectivity index (χ4v) is 3.89. The van der Waals surface area contributed by atoms with Crippen molar-refractivity contribution in [3.63, 3.8) is 0 Å². The van der Waals surface area contributed by atoms with E-state index in [0.29, 0.717) is 6.04 Å². The van der Waals surface area contributed by atoms with Gasteiger partial charge in [-0.15, -0.1) is 22.7 Å². The Morgan fingerprint density at radius 1 is 1.37 bits per heavy atom. The molecule has 0 saturated carbocycles. The molecular weight excluding hydrogens is 342 g/mol. The van der Waals surface area contributed by atoms with Crippen molar-refractivity contribution < 1.29 is 0 Å². The van der Waals surface area contributed by atoms with Crippen LogP contribution in [0.1, 0.15) is 24.4 Å². The number of aromatic nitrogens is 1. The minimum Gasteiger partial charge on any atom is -0.346 e. The molecule has 19 heavy (non-hydrogen) atoms. The molecule has 3 nitrogen and oxygen atoms in total. The molecule has 2 aromatic heterocycles. The van der Waals surface area contributed by atoms with E-state index >= 15 is 0 Å². The molecule has 6 heteroatoms. The molecule has 2 aromatic rings. The summed E-state index contributed by atoms with van der Waals surface area (Å²) in [6, 6.07) is 2.65. The molecule has 0 radical (unpaired) electrons. The van der Waals surface area contributed by atoms with Crippen LogP contribution in [0.4, 0.5) is 5.13 Å². The smallest absolute Gasteiger partial charge is 0.185 e. The first-order valence-corrected chi connectivity index (χ1v) is 8.71. The number of nitrogens with one attached hydrogen (secondary N) is 1. The zero-order chi connectivity index (χ0) is 13.8. The van der Waals surface area contributed by atoms with Crippen LogP contribution in [0.15, 0.2) is 21.3 Å². The molecule has 104 valence electrons. The lowest BCUT2D eigenvalue weighted by Gasteiger charge is -2.14. The van der Waals surface area contributed by atoms with Gasteiger partial charge in [0.15, 0.2) is 5.13 Å². The molecule has 2 heterocycles. The van der Waals surface area contributed by atoms with Crippen LogP contribution in [-0.2, 0) is 13.1 Å². The van der Waals surface area contributed by atoms with Crippen LogP contribution >= 0.6 is 38.6 Å². The quantitative estimate of drug-likeness (QED) is 0.841. The van der Waals surface area contributed by atoms with Crippen LogP contribution < -0.4 is 10.2 Å². The lowest BCUT2D eigenvalue weighted by Crippen LogP contribution is -2.22. The van der Waals surface area contributed by atoms with Gasteiger partial charge in [-0.2, -0.15) is 0 Å². The van der Waals surface area contributed by atoms with Gasteiger partial charge < -0.3 is 10.2 Å². The average molecular weight is 360 g/mol. The highest BCUT2D eigenvalue weighted by atomic mass is 79.9. The minimum absolute atomic E-state index is 0.492. The minimum atomic E-state index is 0.492. The zero-order valence-corrected chi connectivity index (χ0v) is 14.5. The Balaban J connectivity index is 1.94. The average Bonchev–Trinajstić information content (AvgIpc) is 2.95. The Labute approximate surface area is 130 Å². The zero-order valence-electron chi connectivity index (χ0n) is 11.3. The third kappa shape index (κ3) is 4.56. The van der Waals surface area contributed by atoms with E-state index in [4.69, 9.17) is 0 Å². The van der Waals surface area contributed by atoms with Crippen LogP contribution in [0.5, 0.6) is 0 Å². The summed E-state index contributed by atoms with van der Waals surface area (Å²) in [7, 11) is 2.09. The Kier molecular flexibility index (Phi) is 5.38. The summed E-state index contributed by atoms with van der Waals surface area (Å²) in [6.07, 6.45) is 0. The highest BCUT2D eigenvalue weighted by Gasteiger charge is 2.09. The van der Waals surface area contributed by atoms with Crippen LogP contribution in [0.25, 0.3) is 0 Å². The van der Waals surface area contributed by atoms with Crippen molar-refractivity contribution in [3.8, 4) is 0 Å². The van der Waals surface area contributed by atoms with Gasteiger partial charge in [0, 0.05) is 39.7 Å². The van der Waals surface area contributed by atoms with Crippen molar-refractivity contribution in [1.82, 2.24) is 10.3 Å². The first-order chi connectivity index (χ1) is 9.04. The van der Waals surface area contributed by atoms with Crippen molar-refractivity contribution in [2.75, 3.05) is 11.9 Å². The van der Waals surface area contributed by atoms with Gasteiger partial charge in [-0.1, -0.05) is 13.8 Å². The number of thiophene rings is 1. The van der Waals surface area contributed by atoms with Gasteiger partial charge in [0.05, 0.1) is 12.2 Å². The molecule has 0 bridgehead atoms. The number of thiazole rings is 1. The summed E-state index contributed by atoms with van der Waals surface area (Å²) >= 11 is 6.96. The van der Waals surface area contributed by atoms with Gasteiger partial charge in [-0.3, -0.25) is 0 Å². The van der Waals surface area contributed by atoms with E-state index in [9.17, 15) is 0 Å². The molecule has 0 atom stereocenters. The molecule has 0 aromatic carbocycles. The second kappa shape index (κ2) is 6.83. The second-order valence-electron chi connectivity index (χ2n) is 4.74. The molecule has 0 amide bonds. The first kappa shape index (κ1) is 15.0. The van der Waals surface area contributed by atoms with Crippen molar-refractivity contribution in [2.45, 2.75) is 33.0 Å². The standard InChI is InChI=1S/C13H18BrN3S2/c1-9(2)15-5-11-8-19-13(16-11)17(3)6-12-4-10(14)7-18-12/h4,7-9,15H,5-6H2,1-3H3. The van der Waals surface area contributed by atoms with Crippen LogP contribution in [-0.4, -0.2) is 18.1 Å². The van der Waals surface area contributed by atoms with Gasteiger partial charge in [-0.05, 0) is 22.0 Å². The van der Waals surface area contributed by atoms with E-state index in [2.05, 4.69) is 68.9 Å². The molecule has 1 N–H and O–H groups in total. The maximum absolute atomic E-state index is 4.66. The summed E-state index contributed by atoms with van der Waals surface area (Å²) in [4.78, 5) is 8.20. The highest BCUT2D eigenvalue weighted by molar-refractivity contribution is 9.10. The van der Waals surface area contributed by atoms with Crippen molar-refractivity contribution in [3.05, 3.63) is 31.9 Å². The SMILES string of the molecule is CC(C)NCc1csc(N(C)Cc2cc(Br)cs2)n1. The van der Waals surface area contributed by atoms with E-state index < -0.39 is 0 Å². The third-order valence-corrected chi connectivity index (χ3v) is 5.26. The maximum Gasteiger partial charge on any atom is 0.185 e. The maximum atomic E-state index is 4.66. The van der Waals surface area contributed by atoms with Crippen molar-refractivity contribution in [2.24, 2.45) is 0 Å². The molecule has 0 unspecified atom stereocenters. The number of rotatable bonds is 6. The Morgan fingerprint density at radius 2 is 2.16 bits per heavy atom. The van der Waals surface area contributed by atoms with Gasteiger partial charge >= 0.3 is 0 Å². The second-order valence-corrected chi connectivity index (χ2v) is 7.49. The number of nitrogens with zero attached hydrogens (tertiary/aromatic N) is 2. The van der Waals surface area contributed by atoms with Gasteiger partial charge in [-0.25, -0.2) is 4.98 Å². The first-order valence-electron chi connectivity index (χ1n) is 6.16. The van der Waals surface area contributed by atoms with Gasteiger partial charge in [0.1, 0.15) is 0 Å². The Morgan fingerprint density at radius 3 is 2.79 bits per heavy atom. The lowest BCUT2D eigenvalue weighted by molar-refractivity contribution is 0.583. The molecule has 0 aliphatic carbocycles. The number of hydrogen-bond acceptors (Lipinski definition) is 5. The number of halogens is 1. The van der Waals surface area contributed by atoms with E-state index in [1.54, 1.807) is 22.7 Å². The van der Waals surface area contributed by atoms with Crippen LogP contribution in [0, 0.1) is 0 Å². The van der Waals surface area contributed by atoms with Crippen molar-refractivity contribution >= 4 is 43.7 Å². The predicted octanol–water partition coefficient (Wildman–Crippen LogP) is 4.10. The monoisotopic (exact) mass is 359 g/mol. The van der Waals surface area contributed by atoms with Crippen LogP contribution in [0.2, 0.25) is 0 Å². The summed E-state index contributed by atoms with van der Waals surface area (Å²) in [5.74, 6) is 0. The van der Waals surface area contributed by atoms with E-state index in [0.717, 1.165) is 28.4 Å². The normalized spacial score (nSPS) is 11.2. The van der Waals surface area contributed by atoms with E-state index in [1.807, 2.05) is 0 Å². The van der Waals surface area contributed by atoms with Crippen LogP contribution in [0.3, 0.4) is 0 Å². The summed E-state index contributed by atoms with van der Waals surface area (Å²) in [5.41, 5.74) is 1.12. The van der Waals surface area contributed by atoms with Gasteiger partial charge in [0.2, 0.25) is 0 Å². The van der Waals surface area contributed by atoms with E-state index in [1.165, 1.54) is 4.88 Å². The predicted molar refractivity (Wildman–Crippen MR) is 88.2 cm³/mol. The molecule has 0 saturated heterocycles. The number of hydrogen-bond donors (Lipinski definition) is 1. The third-order valence-electron chi connectivity index (χ3n) is 2.57. The van der Waals surface area contributed by atoms with Gasteiger partial charge in [0.25, 0.3) is 0 Å². The largest absolute Gasteiger partial charge is 0.346 e. The highest BCUT2D eigenvalue weighted by Crippen LogP contribution is 2.25. The van der Waals surface area contributed by atoms with Crippen molar-refractivity contribution in [1.29, 1.82) is 0 Å². The Hall–Kier alpha value is -0.430. The fourth-order valence-electron chi connectivity index (χ4n) is 1.60. The Bertz CT molecular complexity index is 521. The summed E-state index contributed by atoms with van der Waals surface area (Å²) in [5, 5.41) is 8.71. The molecule has 0 aliphatic rings. The molecule has 0 fully saturated rings. The number of anilines is 1. The topological polar surface area (TPSA) is 28.2 Å². The fraction of sp³-hybridized carbons (Fsp3) is 0.462. The molecule has 0 aliphatic heterocycles.